The van der Waals surface area contributed by atoms with Gasteiger partial charge in [-0.3, -0.25) is 4.98 Å². The third kappa shape index (κ3) is 3.27. The number of dihydropyridines is 1. The van der Waals surface area contributed by atoms with Gasteiger partial charge in [-0.25, -0.2) is 0 Å². The first-order valence-corrected chi connectivity index (χ1v) is 7.51. The van der Waals surface area contributed by atoms with E-state index in [-0.39, 0.29) is 5.56 Å². The van der Waals surface area contributed by atoms with Crippen LogP contribution in [0.1, 0.15) is 23.0 Å². The van der Waals surface area contributed by atoms with Gasteiger partial charge in [0.2, 0.25) is 0 Å². The second-order valence-corrected chi connectivity index (χ2v) is 5.75. The standard InChI is InChI=1S/C18H15ClN2O2/c1-11-2-3-14(9-20-11)17-16(8-15(19)10-21-17)12-4-6-13(7-5-12)18(22)23/h2-8,10,20H,9H2,1H3,(H,22,23)/p-1. The molecule has 23 heavy (non-hydrogen) atoms. The van der Waals surface area contributed by atoms with E-state index >= 15 is 0 Å². The average Bonchev–Trinajstić information content (AvgIpc) is 2.56. The molecule has 0 amide bonds. The van der Waals surface area contributed by atoms with Crippen molar-refractivity contribution in [2.24, 2.45) is 0 Å². The minimum atomic E-state index is -1.19. The molecule has 0 bridgehead atoms. The SMILES string of the molecule is CC1=CC=C(c2ncc(Cl)cc2-c2ccc(C(=O)[O-])cc2)CN1. The molecule has 0 atom stereocenters. The highest BCUT2D eigenvalue weighted by Crippen LogP contribution is 2.30. The molecular formula is C18H14ClN2O2-. The Balaban J connectivity index is 2.08. The molecule has 0 radical (unpaired) electrons. The van der Waals surface area contributed by atoms with Gasteiger partial charge in [0, 0.05) is 24.0 Å². The van der Waals surface area contributed by atoms with Crippen molar-refractivity contribution in [3.8, 4) is 11.1 Å². The quantitative estimate of drug-likeness (QED) is 0.942. The Bertz CT molecular complexity index is 823. The first-order chi connectivity index (χ1) is 11.0. The molecule has 1 aromatic heterocycles. The van der Waals surface area contributed by atoms with Gasteiger partial charge in [0.1, 0.15) is 0 Å². The Morgan fingerprint density at radius 2 is 2.00 bits per heavy atom. The van der Waals surface area contributed by atoms with Crippen LogP contribution in [-0.2, 0) is 0 Å². The van der Waals surface area contributed by atoms with Crippen molar-refractivity contribution in [1.29, 1.82) is 0 Å². The van der Waals surface area contributed by atoms with Gasteiger partial charge in [-0.2, -0.15) is 0 Å². The molecule has 0 unspecified atom stereocenters. The largest absolute Gasteiger partial charge is 0.545 e. The summed E-state index contributed by atoms with van der Waals surface area (Å²) < 4.78 is 0. The number of carboxylic acid groups (broad SMARTS) is 1. The monoisotopic (exact) mass is 325 g/mol. The van der Waals surface area contributed by atoms with Crippen LogP contribution >= 0.6 is 11.6 Å². The van der Waals surface area contributed by atoms with E-state index in [1.54, 1.807) is 18.3 Å². The number of nitrogens with zero attached hydrogens (tertiary/aromatic N) is 1. The summed E-state index contributed by atoms with van der Waals surface area (Å²) >= 11 is 6.10. The second kappa shape index (κ2) is 6.26. The lowest BCUT2D eigenvalue weighted by molar-refractivity contribution is -0.255. The van der Waals surface area contributed by atoms with Crippen molar-refractivity contribution >= 4 is 23.1 Å². The van der Waals surface area contributed by atoms with Gasteiger partial charge in [-0.1, -0.05) is 41.9 Å². The number of halogens is 1. The number of benzene rings is 1. The summed E-state index contributed by atoms with van der Waals surface area (Å²) in [7, 11) is 0. The van der Waals surface area contributed by atoms with Crippen molar-refractivity contribution < 1.29 is 9.90 Å². The zero-order chi connectivity index (χ0) is 16.4. The van der Waals surface area contributed by atoms with Crippen molar-refractivity contribution in [3.63, 3.8) is 0 Å². The molecule has 5 heteroatoms. The smallest absolute Gasteiger partial charge is 0.0758 e. The fourth-order valence-electron chi connectivity index (χ4n) is 2.44. The summed E-state index contributed by atoms with van der Waals surface area (Å²) in [5.41, 5.74) is 4.83. The van der Waals surface area contributed by atoms with E-state index in [1.807, 2.05) is 25.1 Å². The fourth-order valence-corrected chi connectivity index (χ4v) is 2.60. The third-order valence-corrected chi connectivity index (χ3v) is 3.89. The Kier molecular flexibility index (Phi) is 4.17. The van der Waals surface area contributed by atoms with E-state index in [1.165, 1.54) is 12.1 Å². The van der Waals surface area contributed by atoms with Crippen LogP contribution in [0.2, 0.25) is 5.02 Å². The summed E-state index contributed by atoms with van der Waals surface area (Å²) in [5, 5.41) is 14.7. The van der Waals surface area contributed by atoms with Crippen LogP contribution in [0.5, 0.6) is 0 Å². The fraction of sp³-hybridized carbons (Fsp3) is 0.111. The molecule has 1 aromatic carbocycles. The van der Waals surface area contributed by atoms with E-state index < -0.39 is 5.97 Å². The van der Waals surface area contributed by atoms with Crippen LogP contribution in [0.25, 0.3) is 16.7 Å². The summed E-state index contributed by atoms with van der Waals surface area (Å²) in [6.07, 6.45) is 5.64. The molecule has 0 saturated carbocycles. The van der Waals surface area contributed by atoms with Gasteiger partial charge in [-0.05, 0) is 35.8 Å². The highest BCUT2D eigenvalue weighted by atomic mass is 35.5. The maximum atomic E-state index is 10.9. The molecule has 4 nitrogen and oxygen atoms in total. The Morgan fingerprint density at radius 3 is 2.61 bits per heavy atom. The number of hydrogen-bond donors (Lipinski definition) is 1. The van der Waals surface area contributed by atoms with Gasteiger partial charge in [-0.15, -0.1) is 0 Å². The predicted molar refractivity (Wildman–Crippen MR) is 88.8 cm³/mol. The number of carbonyl (C=O) groups excluding carboxylic acids is 1. The number of carboxylic acids is 1. The Hall–Kier alpha value is -2.59. The predicted octanol–water partition coefficient (Wildman–Crippen LogP) is 2.66. The number of aromatic nitrogens is 1. The van der Waals surface area contributed by atoms with Gasteiger partial charge < -0.3 is 15.2 Å². The molecule has 1 aliphatic heterocycles. The molecule has 1 aliphatic rings. The maximum absolute atomic E-state index is 10.9. The maximum Gasteiger partial charge on any atom is 0.0758 e. The molecule has 2 heterocycles. The number of allylic oxidation sites excluding steroid dienone is 3. The molecule has 0 fully saturated rings. The van der Waals surface area contributed by atoms with Crippen molar-refractivity contribution in [2.45, 2.75) is 6.92 Å². The number of pyridine rings is 1. The van der Waals surface area contributed by atoms with E-state index in [2.05, 4.69) is 10.3 Å². The number of nitrogens with one attached hydrogen (secondary N) is 1. The summed E-state index contributed by atoms with van der Waals surface area (Å²) in [6, 6.07) is 8.35. The first-order valence-electron chi connectivity index (χ1n) is 7.13. The molecule has 0 spiro atoms. The van der Waals surface area contributed by atoms with Crippen LogP contribution in [-0.4, -0.2) is 17.5 Å². The lowest BCUT2D eigenvalue weighted by atomic mass is 9.97. The summed E-state index contributed by atoms with van der Waals surface area (Å²) in [5.74, 6) is -1.19. The summed E-state index contributed by atoms with van der Waals surface area (Å²) in [6.45, 7) is 2.68. The normalized spacial score (nSPS) is 13.8. The van der Waals surface area contributed by atoms with Crippen LogP contribution in [0.4, 0.5) is 0 Å². The van der Waals surface area contributed by atoms with Crippen LogP contribution in [0.15, 0.2) is 54.4 Å². The zero-order valence-corrected chi connectivity index (χ0v) is 13.2. The molecule has 0 aliphatic carbocycles. The van der Waals surface area contributed by atoms with Gasteiger partial charge in [0.15, 0.2) is 0 Å². The minimum Gasteiger partial charge on any atom is -0.545 e. The van der Waals surface area contributed by atoms with E-state index in [0.29, 0.717) is 11.6 Å². The van der Waals surface area contributed by atoms with Gasteiger partial charge in [0.05, 0.1) is 16.7 Å². The lowest BCUT2D eigenvalue weighted by Crippen LogP contribution is -2.21. The molecule has 116 valence electrons. The van der Waals surface area contributed by atoms with E-state index in [0.717, 1.165) is 28.1 Å². The third-order valence-electron chi connectivity index (χ3n) is 3.68. The van der Waals surface area contributed by atoms with Crippen LogP contribution in [0.3, 0.4) is 0 Å². The van der Waals surface area contributed by atoms with Crippen molar-refractivity contribution in [1.82, 2.24) is 10.3 Å². The van der Waals surface area contributed by atoms with Crippen molar-refractivity contribution in [3.05, 3.63) is 70.7 Å². The highest BCUT2D eigenvalue weighted by molar-refractivity contribution is 6.30. The number of carbonyl (C=O) groups is 1. The minimum absolute atomic E-state index is 0.141. The molecule has 0 saturated heterocycles. The average molecular weight is 326 g/mol. The topological polar surface area (TPSA) is 65.0 Å². The first kappa shape index (κ1) is 15.3. The van der Waals surface area contributed by atoms with Crippen molar-refractivity contribution in [2.75, 3.05) is 6.54 Å². The van der Waals surface area contributed by atoms with E-state index in [9.17, 15) is 9.90 Å². The lowest BCUT2D eigenvalue weighted by Gasteiger charge is -2.17. The van der Waals surface area contributed by atoms with Crippen LogP contribution in [0, 0.1) is 0 Å². The molecular weight excluding hydrogens is 312 g/mol. The van der Waals surface area contributed by atoms with Gasteiger partial charge >= 0.3 is 0 Å². The summed E-state index contributed by atoms with van der Waals surface area (Å²) in [4.78, 5) is 15.3. The number of hydrogen-bond acceptors (Lipinski definition) is 4. The molecule has 3 rings (SSSR count). The van der Waals surface area contributed by atoms with Gasteiger partial charge in [0.25, 0.3) is 0 Å². The Morgan fingerprint density at radius 1 is 1.26 bits per heavy atom. The molecule has 1 N–H and O–H groups in total. The van der Waals surface area contributed by atoms with E-state index in [4.69, 9.17) is 11.6 Å². The number of rotatable bonds is 3. The second-order valence-electron chi connectivity index (χ2n) is 5.31. The molecule has 2 aromatic rings. The van der Waals surface area contributed by atoms with Crippen LogP contribution < -0.4 is 10.4 Å². The Labute approximate surface area is 139 Å². The number of aromatic carboxylic acids is 1. The zero-order valence-electron chi connectivity index (χ0n) is 12.5. The highest BCUT2D eigenvalue weighted by Gasteiger charge is 2.14.